The summed E-state index contributed by atoms with van der Waals surface area (Å²) >= 11 is 0. The predicted octanol–water partition coefficient (Wildman–Crippen LogP) is 2.89. The Bertz CT molecular complexity index is 190. The molecule has 15 heavy (non-hydrogen) atoms. The Kier molecular flexibility index (Phi) is 8.34. The van der Waals surface area contributed by atoms with Crippen LogP contribution in [0.15, 0.2) is 0 Å². The summed E-state index contributed by atoms with van der Waals surface area (Å²) in [7, 11) is -4.07. The average Bonchev–Trinajstić information content (AvgIpc) is 2.14. The molecule has 0 amide bonds. The fourth-order valence-electron chi connectivity index (χ4n) is 1.46. The van der Waals surface area contributed by atoms with Crippen molar-refractivity contribution in [3.05, 3.63) is 0 Å². The molecule has 0 aromatic rings. The van der Waals surface area contributed by atoms with E-state index < -0.39 is 13.4 Å². The Labute approximate surface area is 92.2 Å². The van der Waals surface area contributed by atoms with E-state index in [4.69, 9.17) is 14.5 Å². The van der Waals surface area contributed by atoms with Crippen molar-refractivity contribution in [2.45, 2.75) is 58.2 Å². The maximum Gasteiger partial charge on any atom is 0.354 e. The molecule has 0 bridgehead atoms. The fourth-order valence-corrected chi connectivity index (χ4v) is 2.33. The summed E-state index contributed by atoms with van der Waals surface area (Å²) in [6.07, 6.45) is 5.81. The summed E-state index contributed by atoms with van der Waals surface area (Å²) in [5, 5.41) is 0. The van der Waals surface area contributed by atoms with Crippen LogP contribution in [0.4, 0.5) is 0 Å². The van der Waals surface area contributed by atoms with Crippen LogP contribution in [0.5, 0.6) is 0 Å². The van der Waals surface area contributed by atoms with Crippen LogP contribution in [-0.2, 0) is 9.30 Å². The highest BCUT2D eigenvalue weighted by Crippen LogP contribution is 2.44. The van der Waals surface area contributed by atoms with Gasteiger partial charge in [0.1, 0.15) is 0 Å². The molecule has 0 radical (unpaired) electrons. The highest BCUT2D eigenvalue weighted by Gasteiger charge is 2.28. The van der Waals surface area contributed by atoms with E-state index in [-0.39, 0.29) is 0 Å². The van der Waals surface area contributed by atoms with Gasteiger partial charge in [-0.3, -0.25) is 4.57 Å². The summed E-state index contributed by atoms with van der Waals surface area (Å²) in [6, 6.07) is 0. The topological polar surface area (TPSA) is 66.8 Å². The highest BCUT2D eigenvalue weighted by molar-refractivity contribution is 7.52. The van der Waals surface area contributed by atoms with Crippen molar-refractivity contribution in [1.82, 2.24) is 0 Å². The third-order valence-corrected chi connectivity index (χ3v) is 3.45. The standard InChI is InChI=1S/C10H23O4P/c1-3-5-6-7-8-9-10(14-4-2)15(11,12)13/h10H,3-9H2,1-2H3,(H2,11,12,13). The number of ether oxygens (including phenoxy) is 1. The Morgan fingerprint density at radius 2 is 1.73 bits per heavy atom. The van der Waals surface area contributed by atoms with Crippen LogP contribution in [0.3, 0.4) is 0 Å². The fraction of sp³-hybridized carbons (Fsp3) is 1.00. The Balaban J connectivity index is 3.72. The quantitative estimate of drug-likeness (QED) is 0.478. The zero-order chi connectivity index (χ0) is 11.7. The summed E-state index contributed by atoms with van der Waals surface area (Å²) in [5.41, 5.74) is 0. The minimum Gasteiger partial charge on any atom is -0.366 e. The lowest BCUT2D eigenvalue weighted by Gasteiger charge is -2.17. The van der Waals surface area contributed by atoms with Gasteiger partial charge in [0.15, 0.2) is 5.85 Å². The van der Waals surface area contributed by atoms with Crippen LogP contribution in [-0.4, -0.2) is 22.2 Å². The lowest BCUT2D eigenvalue weighted by atomic mass is 10.1. The zero-order valence-electron chi connectivity index (χ0n) is 9.69. The molecule has 0 aliphatic carbocycles. The monoisotopic (exact) mass is 238 g/mol. The first-order valence-electron chi connectivity index (χ1n) is 5.69. The van der Waals surface area contributed by atoms with Gasteiger partial charge in [0, 0.05) is 6.61 Å². The van der Waals surface area contributed by atoms with Crippen molar-refractivity contribution >= 4 is 7.60 Å². The van der Waals surface area contributed by atoms with Crippen LogP contribution in [0.2, 0.25) is 0 Å². The third-order valence-electron chi connectivity index (χ3n) is 2.29. The van der Waals surface area contributed by atoms with Gasteiger partial charge in [0.05, 0.1) is 0 Å². The average molecular weight is 238 g/mol. The van der Waals surface area contributed by atoms with E-state index in [1.807, 2.05) is 0 Å². The first-order chi connectivity index (χ1) is 7.02. The van der Waals surface area contributed by atoms with E-state index >= 15 is 0 Å². The number of hydrogen-bond acceptors (Lipinski definition) is 2. The van der Waals surface area contributed by atoms with Gasteiger partial charge in [-0.15, -0.1) is 0 Å². The summed E-state index contributed by atoms with van der Waals surface area (Å²) in [4.78, 5) is 18.0. The molecular weight excluding hydrogens is 215 g/mol. The van der Waals surface area contributed by atoms with E-state index in [9.17, 15) is 4.57 Å². The predicted molar refractivity (Wildman–Crippen MR) is 60.8 cm³/mol. The van der Waals surface area contributed by atoms with Gasteiger partial charge in [-0.05, 0) is 13.3 Å². The second kappa shape index (κ2) is 8.28. The molecule has 1 unspecified atom stereocenters. The van der Waals surface area contributed by atoms with Crippen LogP contribution >= 0.6 is 7.60 Å². The van der Waals surface area contributed by atoms with Gasteiger partial charge in [-0.2, -0.15) is 0 Å². The van der Waals surface area contributed by atoms with Crippen LogP contribution in [0.1, 0.15) is 52.4 Å². The Morgan fingerprint density at radius 1 is 1.13 bits per heavy atom. The second-order valence-corrected chi connectivity index (χ2v) is 5.46. The van der Waals surface area contributed by atoms with Crippen LogP contribution < -0.4 is 0 Å². The van der Waals surface area contributed by atoms with Gasteiger partial charge in [-0.25, -0.2) is 0 Å². The van der Waals surface area contributed by atoms with Crippen molar-refractivity contribution in [2.75, 3.05) is 6.61 Å². The van der Waals surface area contributed by atoms with E-state index in [0.717, 1.165) is 19.3 Å². The highest BCUT2D eigenvalue weighted by atomic mass is 31.2. The molecular formula is C10H23O4P. The first-order valence-corrected chi connectivity index (χ1v) is 7.37. The van der Waals surface area contributed by atoms with Crippen LogP contribution in [0, 0.1) is 0 Å². The van der Waals surface area contributed by atoms with Crippen molar-refractivity contribution < 1.29 is 19.1 Å². The van der Waals surface area contributed by atoms with Gasteiger partial charge in [0.25, 0.3) is 0 Å². The van der Waals surface area contributed by atoms with Crippen molar-refractivity contribution in [1.29, 1.82) is 0 Å². The molecule has 0 aliphatic heterocycles. The maximum absolute atomic E-state index is 11.0. The third kappa shape index (κ3) is 7.97. The summed E-state index contributed by atoms with van der Waals surface area (Å²) in [5.74, 6) is -0.899. The van der Waals surface area contributed by atoms with Gasteiger partial charge >= 0.3 is 7.60 Å². The smallest absolute Gasteiger partial charge is 0.354 e. The van der Waals surface area contributed by atoms with Crippen molar-refractivity contribution in [3.8, 4) is 0 Å². The molecule has 4 nitrogen and oxygen atoms in total. The first kappa shape index (κ1) is 15.1. The number of hydrogen-bond donors (Lipinski definition) is 2. The summed E-state index contributed by atoms with van der Waals surface area (Å²) < 4.78 is 16.1. The molecule has 0 saturated carbocycles. The Morgan fingerprint density at radius 3 is 2.20 bits per heavy atom. The van der Waals surface area contributed by atoms with Crippen LogP contribution in [0.25, 0.3) is 0 Å². The zero-order valence-corrected chi connectivity index (χ0v) is 10.6. The molecule has 0 spiro atoms. The molecule has 0 fully saturated rings. The SMILES string of the molecule is CCCCCCCC(OCC)P(=O)(O)O. The molecule has 0 aromatic heterocycles. The van der Waals surface area contributed by atoms with Crippen molar-refractivity contribution in [2.24, 2.45) is 0 Å². The number of unbranched alkanes of at least 4 members (excludes halogenated alkanes) is 4. The minimum atomic E-state index is -4.07. The largest absolute Gasteiger partial charge is 0.366 e. The lowest BCUT2D eigenvalue weighted by Crippen LogP contribution is -2.13. The minimum absolute atomic E-state index is 0.352. The van der Waals surface area contributed by atoms with Gasteiger partial charge in [0.2, 0.25) is 0 Å². The van der Waals surface area contributed by atoms with E-state index in [1.54, 1.807) is 6.92 Å². The van der Waals surface area contributed by atoms with Crippen molar-refractivity contribution in [3.63, 3.8) is 0 Å². The molecule has 0 rings (SSSR count). The van der Waals surface area contributed by atoms with Gasteiger partial charge < -0.3 is 14.5 Å². The number of rotatable bonds is 9. The van der Waals surface area contributed by atoms with E-state index in [0.29, 0.717) is 13.0 Å². The normalized spacial score (nSPS) is 14.1. The summed E-state index contributed by atoms with van der Waals surface area (Å²) in [6.45, 7) is 4.24. The second-order valence-electron chi connectivity index (χ2n) is 3.70. The molecule has 5 heteroatoms. The molecule has 1 atom stereocenters. The molecule has 92 valence electrons. The lowest BCUT2D eigenvalue weighted by molar-refractivity contribution is 0.0883. The molecule has 2 N–H and O–H groups in total. The molecule has 0 aromatic carbocycles. The van der Waals surface area contributed by atoms with Gasteiger partial charge in [-0.1, -0.05) is 39.0 Å². The van der Waals surface area contributed by atoms with E-state index in [1.165, 1.54) is 12.8 Å². The molecule has 0 heterocycles. The molecule has 0 aliphatic rings. The maximum atomic E-state index is 11.0. The van der Waals surface area contributed by atoms with E-state index in [2.05, 4.69) is 6.92 Å². The molecule has 0 saturated heterocycles. The Hall–Kier alpha value is 0.110.